The van der Waals surface area contributed by atoms with Gasteiger partial charge in [-0.05, 0) is 50.9 Å². The molecule has 4 heterocycles. The van der Waals surface area contributed by atoms with Gasteiger partial charge < -0.3 is 9.47 Å². The van der Waals surface area contributed by atoms with Crippen LogP contribution in [0.2, 0.25) is 0 Å². The topological polar surface area (TPSA) is 63.0 Å². The molecule has 0 N–H and O–H groups in total. The predicted octanol–water partition coefficient (Wildman–Crippen LogP) is 1.97. The number of likely N-dealkylation sites (tertiary alicyclic amines) is 1. The van der Waals surface area contributed by atoms with Crippen molar-refractivity contribution in [3.8, 4) is 0 Å². The minimum atomic E-state index is 0.487. The highest BCUT2D eigenvalue weighted by Crippen LogP contribution is 2.28. The third-order valence-corrected chi connectivity index (χ3v) is 5.55. The molecular formula is C18H27N7. The van der Waals surface area contributed by atoms with Crippen molar-refractivity contribution in [3.63, 3.8) is 0 Å². The molecule has 7 nitrogen and oxygen atoms in total. The summed E-state index contributed by atoms with van der Waals surface area (Å²) in [6, 6.07) is 3.98. The van der Waals surface area contributed by atoms with E-state index in [0.29, 0.717) is 5.92 Å². The Morgan fingerprint density at radius 1 is 1.00 bits per heavy atom. The number of hydrogen-bond acceptors (Lipinski definition) is 6. The van der Waals surface area contributed by atoms with E-state index in [0.717, 1.165) is 49.9 Å². The van der Waals surface area contributed by atoms with Gasteiger partial charge in [0.05, 0.1) is 6.54 Å². The molecule has 0 saturated carbocycles. The maximum absolute atomic E-state index is 4.54. The van der Waals surface area contributed by atoms with Crippen molar-refractivity contribution < 1.29 is 0 Å². The van der Waals surface area contributed by atoms with E-state index in [1.807, 2.05) is 12.1 Å². The summed E-state index contributed by atoms with van der Waals surface area (Å²) in [5, 5.41) is 17.3. The van der Waals surface area contributed by atoms with Crippen LogP contribution in [0.25, 0.3) is 0 Å². The lowest BCUT2D eigenvalue weighted by molar-refractivity contribution is 0.213. The van der Waals surface area contributed by atoms with E-state index in [4.69, 9.17) is 0 Å². The Labute approximate surface area is 149 Å². The first-order valence-electron chi connectivity index (χ1n) is 9.44. The maximum atomic E-state index is 4.54. The van der Waals surface area contributed by atoms with E-state index in [2.05, 4.69) is 41.8 Å². The van der Waals surface area contributed by atoms with E-state index in [1.54, 1.807) is 6.20 Å². The molecule has 2 aromatic heterocycles. The highest BCUT2D eigenvalue weighted by molar-refractivity contribution is 5.37. The normalized spacial score (nSPS) is 20.1. The molecule has 2 aliphatic heterocycles. The van der Waals surface area contributed by atoms with Crippen LogP contribution in [-0.2, 0) is 13.6 Å². The van der Waals surface area contributed by atoms with E-state index < -0.39 is 0 Å². The fourth-order valence-electron chi connectivity index (χ4n) is 4.01. The summed E-state index contributed by atoms with van der Waals surface area (Å²) in [7, 11) is 2.13. The molecular weight excluding hydrogens is 314 g/mol. The van der Waals surface area contributed by atoms with Gasteiger partial charge in [0.2, 0.25) is 0 Å². The van der Waals surface area contributed by atoms with Crippen LogP contribution >= 0.6 is 0 Å². The zero-order valence-electron chi connectivity index (χ0n) is 15.0. The molecule has 134 valence electrons. The number of aromatic nitrogens is 5. The number of nitrogens with zero attached hydrogens (tertiary/aromatic N) is 7. The summed E-state index contributed by atoms with van der Waals surface area (Å²) >= 11 is 0. The van der Waals surface area contributed by atoms with Crippen LogP contribution in [0.5, 0.6) is 0 Å². The molecule has 0 aromatic carbocycles. The molecule has 2 aliphatic rings. The number of rotatable bonds is 4. The van der Waals surface area contributed by atoms with Gasteiger partial charge in [-0.1, -0.05) is 6.42 Å². The van der Waals surface area contributed by atoms with Gasteiger partial charge in [0.1, 0.15) is 11.6 Å². The lowest BCUT2D eigenvalue weighted by Crippen LogP contribution is -2.34. The van der Waals surface area contributed by atoms with Gasteiger partial charge >= 0.3 is 0 Å². The van der Waals surface area contributed by atoms with Crippen LogP contribution in [0.1, 0.15) is 49.7 Å². The molecule has 0 aliphatic carbocycles. The molecule has 2 fully saturated rings. The molecule has 0 spiro atoms. The Kier molecular flexibility index (Phi) is 4.92. The third-order valence-electron chi connectivity index (χ3n) is 5.55. The van der Waals surface area contributed by atoms with Crippen molar-refractivity contribution in [1.82, 2.24) is 29.9 Å². The average Bonchev–Trinajstić information content (AvgIpc) is 3.04. The summed E-state index contributed by atoms with van der Waals surface area (Å²) in [6.45, 7) is 5.31. The first-order chi connectivity index (χ1) is 12.3. The van der Waals surface area contributed by atoms with Gasteiger partial charge in [-0.25, -0.2) is 0 Å². The van der Waals surface area contributed by atoms with Crippen molar-refractivity contribution in [2.75, 3.05) is 31.1 Å². The monoisotopic (exact) mass is 341 g/mol. The maximum Gasteiger partial charge on any atom is 0.151 e. The second kappa shape index (κ2) is 7.47. The average molecular weight is 341 g/mol. The van der Waals surface area contributed by atoms with Gasteiger partial charge in [-0.3, -0.25) is 4.90 Å². The summed E-state index contributed by atoms with van der Waals surface area (Å²) in [4.78, 5) is 4.82. The number of anilines is 1. The van der Waals surface area contributed by atoms with Crippen LogP contribution in [0.4, 0.5) is 5.82 Å². The second-order valence-corrected chi connectivity index (χ2v) is 7.21. The fraction of sp³-hybridized carbons (Fsp3) is 0.667. The van der Waals surface area contributed by atoms with Gasteiger partial charge in [0, 0.05) is 32.3 Å². The van der Waals surface area contributed by atoms with Crippen molar-refractivity contribution in [2.24, 2.45) is 7.05 Å². The first kappa shape index (κ1) is 16.4. The number of hydrogen-bond donors (Lipinski definition) is 0. The van der Waals surface area contributed by atoms with E-state index >= 15 is 0 Å². The standard InChI is InChI=1S/C18H27N7/c1-23-17(14-24-10-3-2-4-11-24)21-22-18(23)15-7-12-25(13-8-15)16-6-5-9-19-20-16/h5-6,9,15H,2-4,7-8,10-14H2,1H3. The fourth-order valence-corrected chi connectivity index (χ4v) is 4.01. The highest BCUT2D eigenvalue weighted by atomic mass is 15.3. The number of piperidine rings is 2. The van der Waals surface area contributed by atoms with Gasteiger partial charge in [0.15, 0.2) is 5.82 Å². The lowest BCUT2D eigenvalue weighted by Gasteiger charge is -2.32. The minimum absolute atomic E-state index is 0.487. The molecule has 4 rings (SSSR count). The summed E-state index contributed by atoms with van der Waals surface area (Å²) in [5.41, 5.74) is 0. The van der Waals surface area contributed by atoms with Crippen molar-refractivity contribution in [3.05, 3.63) is 30.0 Å². The van der Waals surface area contributed by atoms with E-state index in [9.17, 15) is 0 Å². The van der Waals surface area contributed by atoms with Crippen LogP contribution in [-0.4, -0.2) is 56.0 Å². The lowest BCUT2D eigenvalue weighted by atomic mass is 9.96. The molecule has 0 amide bonds. The zero-order valence-corrected chi connectivity index (χ0v) is 15.0. The first-order valence-corrected chi connectivity index (χ1v) is 9.44. The van der Waals surface area contributed by atoms with Crippen molar-refractivity contribution in [2.45, 2.75) is 44.6 Å². The van der Waals surface area contributed by atoms with E-state index in [1.165, 1.54) is 32.4 Å². The highest BCUT2D eigenvalue weighted by Gasteiger charge is 2.26. The molecule has 2 saturated heterocycles. The molecule has 2 aromatic rings. The van der Waals surface area contributed by atoms with Gasteiger partial charge in [-0.2, -0.15) is 5.10 Å². The SMILES string of the molecule is Cn1c(CN2CCCCC2)nnc1C1CCN(c2cccnn2)CC1. The molecule has 0 atom stereocenters. The summed E-state index contributed by atoms with van der Waals surface area (Å²) in [6.07, 6.45) is 7.89. The Morgan fingerprint density at radius 3 is 2.52 bits per heavy atom. The zero-order chi connectivity index (χ0) is 17.1. The van der Waals surface area contributed by atoms with Gasteiger partial charge in [-0.15, -0.1) is 15.3 Å². The Bertz CT molecular complexity index is 670. The third kappa shape index (κ3) is 3.66. The van der Waals surface area contributed by atoms with E-state index in [-0.39, 0.29) is 0 Å². The summed E-state index contributed by atoms with van der Waals surface area (Å²) in [5.74, 6) is 3.71. The van der Waals surface area contributed by atoms with Crippen molar-refractivity contribution >= 4 is 5.82 Å². The van der Waals surface area contributed by atoms with Crippen LogP contribution in [0.3, 0.4) is 0 Å². The summed E-state index contributed by atoms with van der Waals surface area (Å²) < 4.78 is 2.23. The largest absolute Gasteiger partial charge is 0.355 e. The Hall–Kier alpha value is -2.02. The van der Waals surface area contributed by atoms with Crippen LogP contribution < -0.4 is 4.90 Å². The molecule has 0 unspecified atom stereocenters. The molecule has 0 radical (unpaired) electrons. The minimum Gasteiger partial charge on any atom is -0.355 e. The second-order valence-electron chi connectivity index (χ2n) is 7.21. The van der Waals surface area contributed by atoms with Crippen molar-refractivity contribution in [1.29, 1.82) is 0 Å². The quantitative estimate of drug-likeness (QED) is 0.847. The Morgan fingerprint density at radius 2 is 1.80 bits per heavy atom. The molecule has 7 heteroatoms. The Balaban J connectivity index is 1.38. The molecule has 0 bridgehead atoms. The smallest absolute Gasteiger partial charge is 0.151 e. The van der Waals surface area contributed by atoms with Crippen LogP contribution in [0.15, 0.2) is 18.3 Å². The van der Waals surface area contributed by atoms with Crippen LogP contribution in [0, 0.1) is 0 Å². The predicted molar refractivity (Wildman–Crippen MR) is 96.4 cm³/mol. The molecule has 25 heavy (non-hydrogen) atoms. The van der Waals surface area contributed by atoms with Gasteiger partial charge in [0.25, 0.3) is 0 Å².